The third-order valence-electron chi connectivity index (χ3n) is 20.3. The van der Waals surface area contributed by atoms with Gasteiger partial charge in [-0.2, -0.15) is 18.2 Å². The number of rotatable bonds is 13. The van der Waals surface area contributed by atoms with Gasteiger partial charge in [0.2, 0.25) is 0 Å². The Balaban J connectivity index is 0.00000840. The van der Waals surface area contributed by atoms with E-state index in [9.17, 15) is 2.74 Å². The zero-order valence-electron chi connectivity index (χ0n) is 61.2. The number of nitrogens with zero attached hydrogens (tertiary/aromatic N) is 4. The molecular weight excluding hydrogens is 1440 g/mol. The van der Waals surface area contributed by atoms with Crippen LogP contribution in [0.25, 0.3) is 94.5 Å². The summed E-state index contributed by atoms with van der Waals surface area (Å²) in [7, 11) is -2.95. The normalized spacial score (nSPS) is 12.7. The van der Waals surface area contributed by atoms with Crippen LogP contribution in [0.5, 0.6) is 11.5 Å². The van der Waals surface area contributed by atoms with Crippen molar-refractivity contribution in [2.24, 2.45) is 0 Å². The maximum Gasteiger partial charge on any atom is 0.268 e. The average molecular weight is 1510 g/mol. The molecule has 0 saturated carbocycles. The topological polar surface area (TPSA) is 35.9 Å². The Kier molecular flexibility index (Phi) is 14.8. The number of ether oxygens (including phenoxy) is 1. The van der Waals surface area contributed by atoms with Crippen LogP contribution in [0.4, 0.5) is 0 Å². The van der Waals surface area contributed by atoms with E-state index in [1.54, 1.807) is 0 Å². The fourth-order valence-electron chi connectivity index (χ4n) is 15.8. The SMILES string of the molecule is [2H]c1c([2H])c([2H])c(-c2cccc3c2-[n+]2[c-]n(-c4[c-]c(Oc5[c-]c6c(cc5)c5cc([Si](c7ccccc7)(c7ccccc7)c7ccccc7)ccc5n6-c5cc(C(C)(C)C)ccn5)ccc4)c4cccc(c42)-c2ccccc2-c2ccc(C(c4ccccc4)(c4ccccc4)c4ccccc4)cc2-3)c([2H])c1[2H].[Pt]. The van der Waals surface area contributed by atoms with Gasteiger partial charge in [0, 0.05) is 44.3 Å². The number of pyridine rings is 1. The summed E-state index contributed by atoms with van der Waals surface area (Å²) in [6, 6.07) is 119. The van der Waals surface area contributed by atoms with Crippen LogP contribution in [0.3, 0.4) is 0 Å². The van der Waals surface area contributed by atoms with Gasteiger partial charge in [-0.3, -0.25) is 4.57 Å². The van der Waals surface area contributed by atoms with Crippen molar-refractivity contribution in [3.8, 4) is 73.2 Å². The van der Waals surface area contributed by atoms with Crippen molar-refractivity contribution >= 4 is 61.7 Å². The summed E-state index contributed by atoms with van der Waals surface area (Å²) in [4.78, 5) is 5.11. The van der Waals surface area contributed by atoms with Crippen molar-refractivity contribution in [1.29, 1.82) is 0 Å². The molecule has 0 bridgehead atoms. The van der Waals surface area contributed by atoms with Crippen molar-refractivity contribution < 1.29 is 37.2 Å². The zero-order chi connectivity index (χ0) is 72.0. The standard InChI is InChI=1S/C95H68N4OSi.Pt/c1-94(2,3)70-58-59-96-91(61-70)99-88-57-54-78(101(75-40-19-8-20-41-75,76-42-21-9-22-43-76)77-44-23-10-24-45-77)64-87(88)83-56-53-74(63-90(83)99)100-73-39-27-38-72(62-73)97-65-98-92-79(66-30-11-4-12-31-66)48-28-49-85(92)86-60-71(52-55-82(86)80-46-25-26-47-81(80)84-50-29-51-89(97)93(84)98)95(67-32-13-5-14-33-67,68-34-15-6-16-35-68)69-36-17-7-18-37-69;/h4-61,64H,1-3H3;/q-2;/i4D,11D,12D,30D,31D;. The molecule has 0 N–H and O–H groups in total. The minimum absolute atomic E-state index is 0. The molecule has 0 amide bonds. The van der Waals surface area contributed by atoms with Crippen molar-refractivity contribution in [3.05, 3.63) is 404 Å². The van der Waals surface area contributed by atoms with E-state index in [4.69, 9.17) is 13.8 Å². The van der Waals surface area contributed by atoms with Crippen LogP contribution >= 0.6 is 0 Å². The number of benzene rings is 14. The van der Waals surface area contributed by atoms with Crippen molar-refractivity contribution in [1.82, 2.24) is 14.1 Å². The Bertz CT molecular complexity index is 6070. The molecule has 4 heterocycles. The molecule has 1 aliphatic rings. The fraction of sp³-hybridized carbons (Fsp3) is 0.0526. The molecule has 0 saturated heterocycles. The minimum Gasteiger partial charge on any atom is -0.510 e. The Hall–Kier alpha value is -11.8. The molecular formula is C95H68N4OPtSi-2. The molecule has 102 heavy (non-hydrogen) atoms. The third kappa shape index (κ3) is 10.5. The first-order valence-corrected chi connectivity index (χ1v) is 36.3. The molecule has 1 aliphatic heterocycles. The van der Waals surface area contributed by atoms with Gasteiger partial charge in [-0.05, 0) is 134 Å². The smallest absolute Gasteiger partial charge is 0.268 e. The Morgan fingerprint density at radius 3 is 1.58 bits per heavy atom. The van der Waals surface area contributed by atoms with Gasteiger partial charge in [-0.25, -0.2) is 4.98 Å². The summed E-state index contributed by atoms with van der Waals surface area (Å²) < 4.78 is 59.8. The van der Waals surface area contributed by atoms with E-state index in [0.717, 1.165) is 99.9 Å². The molecule has 0 aliphatic carbocycles. The van der Waals surface area contributed by atoms with Gasteiger partial charge in [0.25, 0.3) is 6.33 Å². The van der Waals surface area contributed by atoms with Crippen LogP contribution in [0.2, 0.25) is 0 Å². The molecule has 490 valence electrons. The fourth-order valence-corrected chi connectivity index (χ4v) is 20.6. The van der Waals surface area contributed by atoms with Gasteiger partial charge in [-0.1, -0.05) is 323 Å². The van der Waals surface area contributed by atoms with Gasteiger partial charge in [0.15, 0.2) is 8.07 Å². The summed E-state index contributed by atoms with van der Waals surface area (Å²) in [5.41, 5.74) is 14.8. The summed E-state index contributed by atoms with van der Waals surface area (Å²) in [6.45, 7) is 6.67. The molecule has 3 aromatic heterocycles. The predicted molar refractivity (Wildman–Crippen MR) is 416 cm³/mol. The number of aromatic nitrogens is 4. The van der Waals surface area contributed by atoms with Crippen LogP contribution in [0.15, 0.2) is 358 Å². The van der Waals surface area contributed by atoms with Gasteiger partial charge in [0.05, 0.1) is 29.0 Å². The number of fused-ring (bicyclic) bond motifs is 10. The second-order valence-electron chi connectivity index (χ2n) is 27.0. The van der Waals surface area contributed by atoms with Gasteiger partial charge in [0.1, 0.15) is 5.82 Å². The number of para-hydroxylation sites is 2. The Morgan fingerprint density at radius 2 is 0.951 bits per heavy atom. The quantitative estimate of drug-likeness (QED) is 0.0499. The van der Waals surface area contributed by atoms with Crippen molar-refractivity contribution in [2.75, 3.05) is 0 Å². The molecule has 5 nitrogen and oxygen atoms in total. The van der Waals surface area contributed by atoms with E-state index in [1.165, 1.54) is 20.7 Å². The molecule has 7 heteroatoms. The Labute approximate surface area is 617 Å². The van der Waals surface area contributed by atoms with E-state index in [-0.39, 0.29) is 44.1 Å². The second kappa shape index (κ2) is 26.1. The maximum absolute atomic E-state index is 9.69. The van der Waals surface area contributed by atoms with E-state index in [2.05, 4.69) is 329 Å². The summed E-state index contributed by atoms with van der Waals surface area (Å²) >= 11 is 0. The Morgan fingerprint density at radius 1 is 0.412 bits per heavy atom. The molecule has 0 unspecified atom stereocenters. The average Bonchev–Trinajstić information content (AvgIpc) is 1.69. The molecule has 0 spiro atoms. The van der Waals surface area contributed by atoms with Crippen molar-refractivity contribution in [2.45, 2.75) is 31.6 Å². The number of hydrogen-bond acceptors (Lipinski definition) is 2. The van der Waals surface area contributed by atoms with Crippen LogP contribution in [0.1, 0.15) is 55.4 Å². The first-order valence-electron chi connectivity index (χ1n) is 36.8. The zero-order valence-corrected chi connectivity index (χ0v) is 59.5. The largest absolute Gasteiger partial charge is 0.510 e. The van der Waals surface area contributed by atoms with Gasteiger partial charge in [-0.15, -0.1) is 29.7 Å². The first-order chi connectivity index (χ1) is 51.8. The molecule has 14 aromatic carbocycles. The van der Waals surface area contributed by atoms with E-state index >= 15 is 0 Å². The molecule has 18 rings (SSSR count). The van der Waals surface area contributed by atoms with Crippen LogP contribution in [-0.2, 0) is 31.9 Å². The van der Waals surface area contributed by atoms with E-state index in [1.807, 2.05) is 51.7 Å². The monoisotopic (exact) mass is 1510 g/mol. The second-order valence-corrected chi connectivity index (χ2v) is 30.8. The van der Waals surface area contributed by atoms with Crippen LogP contribution in [-0.4, -0.2) is 22.2 Å². The molecule has 0 atom stereocenters. The number of hydrogen-bond donors (Lipinski definition) is 0. The summed E-state index contributed by atoms with van der Waals surface area (Å²) in [5.74, 6) is 1.67. The van der Waals surface area contributed by atoms with E-state index in [0.29, 0.717) is 28.4 Å². The molecule has 17 aromatic rings. The van der Waals surface area contributed by atoms with Gasteiger partial charge < -0.3 is 13.9 Å². The minimum atomic E-state index is -2.95. The third-order valence-corrected chi connectivity index (χ3v) is 25.1. The van der Waals surface area contributed by atoms with E-state index < -0.39 is 31.6 Å². The summed E-state index contributed by atoms with van der Waals surface area (Å²) in [5, 5.41) is 7.16. The first kappa shape index (κ1) is 58.0. The predicted octanol–water partition coefficient (Wildman–Crippen LogP) is 19.6. The van der Waals surface area contributed by atoms with Crippen LogP contribution < -0.4 is 30.1 Å². The molecule has 0 radical (unpaired) electrons. The molecule has 0 fully saturated rings. The maximum atomic E-state index is 9.69. The van der Waals surface area contributed by atoms with Crippen LogP contribution in [0, 0.1) is 18.5 Å². The van der Waals surface area contributed by atoms with Crippen molar-refractivity contribution in [3.63, 3.8) is 0 Å². The summed E-state index contributed by atoms with van der Waals surface area (Å²) in [6.07, 6.45) is 5.77. The van der Waals surface area contributed by atoms with Gasteiger partial charge >= 0.3 is 0 Å². The number of imidazole rings is 1.